The molecule has 2 aromatic carbocycles. The summed E-state index contributed by atoms with van der Waals surface area (Å²) in [5, 5.41) is 23.6. The van der Waals surface area contributed by atoms with Gasteiger partial charge < -0.3 is 15.7 Å². The zero-order chi connectivity index (χ0) is 22.2. The molecule has 0 aliphatic heterocycles. The van der Waals surface area contributed by atoms with Gasteiger partial charge in [-0.2, -0.15) is 5.10 Å². The van der Waals surface area contributed by atoms with Crippen LogP contribution in [0.1, 0.15) is 21.6 Å². The van der Waals surface area contributed by atoms with Crippen LogP contribution < -0.4 is 10.6 Å². The number of nitrogens with zero attached hydrogens (tertiary/aromatic N) is 2. The first-order valence-corrected chi connectivity index (χ1v) is 10.5. The van der Waals surface area contributed by atoms with E-state index < -0.39 is 5.97 Å². The highest BCUT2D eigenvalue weighted by Crippen LogP contribution is 2.25. The van der Waals surface area contributed by atoms with Gasteiger partial charge in [-0.05, 0) is 59.5 Å². The Morgan fingerprint density at radius 2 is 1.81 bits per heavy atom. The quantitative estimate of drug-likeness (QED) is 0.305. The zero-order valence-corrected chi connectivity index (χ0v) is 17.5. The average Bonchev–Trinajstić information content (AvgIpc) is 3.35. The third-order valence-corrected chi connectivity index (χ3v) is 5.20. The van der Waals surface area contributed by atoms with Crippen LogP contribution in [0, 0.1) is 0 Å². The van der Waals surface area contributed by atoms with Gasteiger partial charge in [0, 0.05) is 43.4 Å². The van der Waals surface area contributed by atoms with Gasteiger partial charge in [0.2, 0.25) is 0 Å². The number of aromatic amines is 1. The van der Waals surface area contributed by atoms with E-state index in [1.165, 1.54) is 5.56 Å². The molecule has 0 radical (unpaired) electrons. The molecule has 0 fully saturated rings. The highest BCUT2D eigenvalue weighted by atomic mass is 16.4. The van der Waals surface area contributed by atoms with Gasteiger partial charge in [-0.1, -0.05) is 30.3 Å². The minimum atomic E-state index is -0.957. The molecule has 0 amide bonds. The Morgan fingerprint density at radius 3 is 2.53 bits per heavy atom. The number of H-pyrrole nitrogens is 1. The summed E-state index contributed by atoms with van der Waals surface area (Å²) in [6, 6.07) is 21.4. The predicted octanol–water partition coefficient (Wildman–Crippen LogP) is 3.98. The number of carbonyl (C=O) groups is 1. The van der Waals surface area contributed by atoms with Crippen molar-refractivity contribution in [2.75, 3.05) is 11.9 Å². The second-order valence-corrected chi connectivity index (χ2v) is 7.55. The lowest BCUT2D eigenvalue weighted by Gasteiger charge is -2.20. The van der Waals surface area contributed by atoms with Crippen LogP contribution >= 0.6 is 0 Å². The van der Waals surface area contributed by atoms with Crippen LogP contribution in [-0.4, -0.2) is 38.8 Å². The highest BCUT2D eigenvalue weighted by Gasteiger charge is 2.13. The Morgan fingerprint density at radius 1 is 1.00 bits per heavy atom. The maximum atomic E-state index is 11.7. The number of pyridine rings is 1. The molecule has 1 unspecified atom stereocenters. The third-order valence-electron chi connectivity index (χ3n) is 5.20. The second-order valence-electron chi connectivity index (χ2n) is 7.55. The van der Waals surface area contributed by atoms with E-state index in [-0.39, 0.29) is 11.6 Å². The molecule has 7 nitrogen and oxygen atoms in total. The lowest BCUT2D eigenvalue weighted by Crippen LogP contribution is -2.37. The van der Waals surface area contributed by atoms with Crippen LogP contribution in [0.15, 0.2) is 85.3 Å². The molecule has 1 atom stereocenters. The molecule has 0 aliphatic carbocycles. The summed E-state index contributed by atoms with van der Waals surface area (Å²) in [5.41, 5.74) is 4.92. The van der Waals surface area contributed by atoms with Crippen LogP contribution in [-0.2, 0) is 13.0 Å². The lowest BCUT2D eigenvalue weighted by atomic mass is 10.0. The Kier molecular flexibility index (Phi) is 6.89. The first kappa shape index (κ1) is 21.3. The molecule has 0 spiro atoms. The van der Waals surface area contributed by atoms with Crippen molar-refractivity contribution in [1.29, 1.82) is 0 Å². The third kappa shape index (κ3) is 5.80. The summed E-state index contributed by atoms with van der Waals surface area (Å²) in [6.07, 6.45) is 6.03. The van der Waals surface area contributed by atoms with Crippen LogP contribution in [0.5, 0.6) is 0 Å². The maximum Gasteiger partial charge on any atom is 0.335 e. The lowest BCUT2D eigenvalue weighted by molar-refractivity contribution is 0.0697. The maximum absolute atomic E-state index is 11.7. The minimum absolute atomic E-state index is 0.118. The Balaban J connectivity index is 1.51. The highest BCUT2D eigenvalue weighted by molar-refractivity contribution is 5.91. The van der Waals surface area contributed by atoms with Crippen molar-refractivity contribution in [3.8, 4) is 11.1 Å². The fourth-order valence-electron chi connectivity index (χ4n) is 3.56. The van der Waals surface area contributed by atoms with Gasteiger partial charge in [-0.25, -0.2) is 4.79 Å². The van der Waals surface area contributed by atoms with E-state index in [0.29, 0.717) is 13.1 Å². The Bertz CT molecular complexity index is 1130. The molecule has 0 saturated carbocycles. The number of hydrogen-bond acceptors (Lipinski definition) is 5. The number of carboxylic acid groups (broad SMARTS) is 1. The summed E-state index contributed by atoms with van der Waals surface area (Å²) in [4.78, 5) is 15.7. The number of anilines is 1. The molecule has 0 saturated heterocycles. The van der Waals surface area contributed by atoms with Crippen LogP contribution in [0.4, 0.5) is 5.69 Å². The van der Waals surface area contributed by atoms with Crippen molar-refractivity contribution in [2.24, 2.45) is 0 Å². The number of benzene rings is 2. The predicted molar refractivity (Wildman–Crippen MR) is 124 cm³/mol. The van der Waals surface area contributed by atoms with Crippen molar-refractivity contribution in [1.82, 2.24) is 20.5 Å². The smallest absolute Gasteiger partial charge is 0.335 e. The van der Waals surface area contributed by atoms with Crippen LogP contribution in [0.25, 0.3) is 11.1 Å². The Hall–Kier alpha value is -3.97. The molecule has 2 aromatic heterocycles. The summed E-state index contributed by atoms with van der Waals surface area (Å²) >= 11 is 0. The van der Waals surface area contributed by atoms with Crippen molar-refractivity contribution in [2.45, 2.75) is 19.0 Å². The molecule has 0 aliphatic rings. The molecule has 2 heterocycles. The van der Waals surface area contributed by atoms with Crippen molar-refractivity contribution >= 4 is 11.7 Å². The number of rotatable bonds is 10. The summed E-state index contributed by atoms with van der Waals surface area (Å²) < 4.78 is 0. The molecule has 32 heavy (non-hydrogen) atoms. The van der Waals surface area contributed by atoms with Crippen molar-refractivity contribution in [3.05, 3.63) is 102 Å². The van der Waals surface area contributed by atoms with E-state index in [9.17, 15) is 9.90 Å². The standard InChI is InChI=1S/C25H25N5O2/c31-25(32)21-13-20(19-6-9-26-10-7-19)14-23(15-21)27-17-24(12-18-4-2-1-3-5-18)28-16-22-8-11-29-30-22/h1-11,13-15,24,27-28H,12,16-17H2,(H,29,30)(H,31,32). The number of aromatic nitrogens is 3. The molecule has 7 heteroatoms. The average molecular weight is 428 g/mol. The van der Waals surface area contributed by atoms with Crippen LogP contribution in [0.2, 0.25) is 0 Å². The van der Waals surface area contributed by atoms with E-state index in [0.717, 1.165) is 28.9 Å². The monoisotopic (exact) mass is 427 g/mol. The first-order valence-electron chi connectivity index (χ1n) is 10.5. The Labute approximate surface area is 186 Å². The summed E-state index contributed by atoms with van der Waals surface area (Å²) in [7, 11) is 0. The normalized spacial score (nSPS) is 11.8. The van der Waals surface area contributed by atoms with E-state index in [1.54, 1.807) is 30.7 Å². The zero-order valence-electron chi connectivity index (χ0n) is 17.5. The fourth-order valence-corrected chi connectivity index (χ4v) is 3.56. The SMILES string of the molecule is O=C(O)c1cc(NCC(Cc2ccccc2)NCc2cc[nH]n2)cc(-c2ccncc2)c1. The topological polar surface area (TPSA) is 103 Å². The van der Waals surface area contributed by atoms with E-state index in [1.807, 2.05) is 42.5 Å². The van der Waals surface area contributed by atoms with E-state index in [2.05, 4.69) is 37.9 Å². The van der Waals surface area contributed by atoms with Gasteiger partial charge in [0.05, 0.1) is 11.3 Å². The number of nitrogens with one attached hydrogen (secondary N) is 3. The molecule has 0 bridgehead atoms. The van der Waals surface area contributed by atoms with E-state index in [4.69, 9.17) is 0 Å². The molecular formula is C25H25N5O2. The van der Waals surface area contributed by atoms with Gasteiger partial charge in [-0.3, -0.25) is 10.1 Å². The van der Waals surface area contributed by atoms with Gasteiger partial charge in [0.1, 0.15) is 0 Å². The van der Waals surface area contributed by atoms with E-state index >= 15 is 0 Å². The van der Waals surface area contributed by atoms with Crippen LogP contribution in [0.3, 0.4) is 0 Å². The van der Waals surface area contributed by atoms with Gasteiger partial charge in [0.15, 0.2) is 0 Å². The first-order chi connectivity index (χ1) is 15.7. The number of aromatic carboxylic acids is 1. The summed E-state index contributed by atoms with van der Waals surface area (Å²) in [5.74, 6) is -0.957. The number of hydrogen-bond donors (Lipinski definition) is 4. The largest absolute Gasteiger partial charge is 0.478 e. The molecule has 4 rings (SSSR count). The van der Waals surface area contributed by atoms with Gasteiger partial charge >= 0.3 is 5.97 Å². The fraction of sp³-hybridized carbons (Fsp3) is 0.160. The summed E-state index contributed by atoms with van der Waals surface area (Å²) in [6.45, 7) is 1.26. The number of carboxylic acids is 1. The molecule has 4 aromatic rings. The van der Waals surface area contributed by atoms with Crippen molar-refractivity contribution < 1.29 is 9.90 Å². The molecular weight excluding hydrogens is 402 g/mol. The molecule has 162 valence electrons. The molecule has 4 N–H and O–H groups in total. The van der Waals surface area contributed by atoms with Crippen molar-refractivity contribution in [3.63, 3.8) is 0 Å². The minimum Gasteiger partial charge on any atom is -0.478 e. The van der Waals surface area contributed by atoms with Gasteiger partial charge in [-0.15, -0.1) is 0 Å². The van der Waals surface area contributed by atoms with Gasteiger partial charge in [0.25, 0.3) is 0 Å². The second kappa shape index (κ2) is 10.4.